The van der Waals surface area contributed by atoms with E-state index in [-0.39, 0.29) is 24.4 Å². The van der Waals surface area contributed by atoms with Gasteiger partial charge in [0, 0.05) is 19.7 Å². The van der Waals surface area contributed by atoms with E-state index in [1.165, 1.54) is 27.4 Å². The van der Waals surface area contributed by atoms with Crippen molar-refractivity contribution in [1.82, 2.24) is 5.32 Å². The quantitative estimate of drug-likeness (QED) is 0.610. The van der Waals surface area contributed by atoms with Crippen LogP contribution in [0.5, 0.6) is 11.5 Å². The lowest BCUT2D eigenvalue weighted by Crippen LogP contribution is -2.34. The summed E-state index contributed by atoms with van der Waals surface area (Å²) in [6, 6.07) is 3.10. The van der Waals surface area contributed by atoms with Crippen LogP contribution in [0.4, 0.5) is 5.69 Å². The molecule has 1 unspecified atom stereocenters. The van der Waals surface area contributed by atoms with Crippen LogP contribution in [0.3, 0.4) is 0 Å². The van der Waals surface area contributed by atoms with Crippen LogP contribution in [0, 0.1) is 0 Å². The third-order valence-electron chi connectivity index (χ3n) is 2.67. The van der Waals surface area contributed by atoms with E-state index in [4.69, 9.17) is 19.9 Å². The SMILES string of the molecule is COCC(O)CNC(=O)c1cc(OC)cc(OC)c1N. The van der Waals surface area contributed by atoms with Crippen molar-refractivity contribution in [3.8, 4) is 11.5 Å². The topological polar surface area (TPSA) is 103 Å². The summed E-state index contributed by atoms with van der Waals surface area (Å²) < 4.78 is 14.9. The number of hydrogen-bond donors (Lipinski definition) is 3. The Morgan fingerprint density at radius 3 is 2.60 bits per heavy atom. The molecule has 0 saturated heterocycles. The van der Waals surface area contributed by atoms with Crippen LogP contribution in [-0.2, 0) is 4.74 Å². The van der Waals surface area contributed by atoms with Gasteiger partial charge in [-0.2, -0.15) is 0 Å². The van der Waals surface area contributed by atoms with Gasteiger partial charge in [0.25, 0.3) is 5.91 Å². The Bertz CT molecular complexity index is 464. The molecule has 112 valence electrons. The van der Waals surface area contributed by atoms with Gasteiger partial charge in [0.1, 0.15) is 11.5 Å². The second-order valence-electron chi connectivity index (χ2n) is 4.11. The largest absolute Gasteiger partial charge is 0.497 e. The maximum Gasteiger partial charge on any atom is 0.253 e. The number of carbonyl (C=O) groups is 1. The van der Waals surface area contributed by atoms with Gasteiger partial charge in [0.15, 0.2) is 0 Å². The molecule has 0 saturated carbocycles. The highest BCUT2D eigenvalue weighted by Gasteiger charge is 2.16. The van der Waals surface area contributed by atoms with Gasteiger partial charge in [-0.15, -0.1) is 0 Å². The van der Waals surface area contributed by atoms with Crippen molar-refractivity contribution in [3.05, 3.63) is 17.7 Å². The number of ether oxygens (including phenoxy) is 3. The molecule has 1 aromatic rings. The number of methoxy groups -OCH3 is 3. The molecule has 4 N–H and O–H groups in total. The minimum absolute atomic E-state index is 0.0611. The summed E-state index contributed by atoms with van der Waals surface area (Å²) in [5.41, 5.74) is 6.30. The molecule has 0 spiro atoms. The van der Waals surface area contributed by atoms with Gasteiger partial charge in [-0.3, -0.25) is 4.79 Å². The van der Waals surface area contributed by atoms with Crippen molar-refractivity contribution >= 4 is 11.6 Å². The lowest BCUT2D eigenvalue weighted by molar-refractivity contribution is 0.0610. The molecule has 0 aromatic heterocycles. The molecule has 0 aliphatic carbocycles. The maximum atomic E-state index is 12.1. The zero-order chi connectivity index (χ0) is 15.1. The fourth-order valence-electron chi connectivity index (χ4n) is 1.63. The van der Waals surface area contributed by atoms with Gasteiger partial charge in [-0.05, 0) is 6.07 Å². The van der Waals surface area contributed by atoms with Crippen LogP contribution in [0.2, 0.25) is 0 Å². The molecule has 0 fully saturated rings. The standard InChI is InChI=1S/C13H20N2O5/c1-18-7-8(16)6-15-13(17)10-4-9(19-2)5-11(20-3)12(10)14/h4-5,8,16H,6-7,14H2,1-3H3,(H,15,17). The van der Waals surface area contributed by atoms with Crippen molar-refractivity contribution in [1.29, 1.82) is 0 Å². The Labute approximate surface area is 117 Å². The first-order valence-electron chi connectivity index (χ1n) is 6.00. The first-order valence-corrected chi connectivity index (χ1v) is 6.00. The molecule has 7 heteroatoms. The van der Waals surface area contributed by atoms with E-state index in [2.05, 4.69) is 5.32 Å². The molecule has 7 nitrogen and oxygen atoms in total. The molecule has 0 radical (unpaired) electrons. The fourth-order valence-corrected chi connectivity index (χ4v) is 1.63. The summed E-state index contributed by atoms with van der Waals surface area (Å²) in [7, 11) is 4.40. The van der Waals surface area contributed by atoms with E-state index in [1.807, 2.05) is 0 Å². The molecule has 0 aliphatic rings. The molecule has 0 heterocycles. The second-order valence-corrected chi connectivity index (χ2v) is 4.11. The number of aliphatic hydroxyl groups excluding tert-OH is 1. The third-order valence-corrected chi connectivity index (χ3v) is 2.67. The Kier molecular flexibility index (Phi) is 6.08. The molecule has 1 amide bonds. The molecular weight excluding hydrogens is 264 g/mol. The Hall–Kier alpha value is -1.99. The minimum atomic E-state index is -0.780. The molecule has 0 aliphatic heterocycles. The zero-order valence-corrected chi connectivity index (χ0v) is 11.8. The van der Waals surface area contributed by atoms with Crippen molar-refractivity contribution < 1.29 is 24.1 Å². The second kappa shape index (κ2) is 7.56. The van der Waals surface area contributed by atoms with Gasteiger partial charge in [-0.1, -0.05) is 0 Å². The van der Waals surface area contributed by atoms with Crippen LogP contribution in [0.25, 0.3) is 0 Å². The lowest BCUT2D eigenvalue weighted by Gasteiger charge is -2.14. The van der Waals surface area contributed by atoms with E-state index in [0.29, 0.717) is 11.5 Å². The van der Waals surface area contributed by atoms with Crippen LogP contribution >= 0.6 is 0 Å². The van der Waals surface area contributed by atoms with Crippen LogP contribution in [0.15, 0.2) is 12.1 Å². The number of nitrogens with one attached hydrogen (secondary N) is 1. The number of nitrogen functional groups attached to an aromatic ring is 1. The van der Waals surface area contributed by atoms with Crippen molar-refractivity contribution in [3.63, 3.8) is 0 Å². The summed E-state index contributed by atoms with van der Waals surface area (Å²) in [6.45, 7) is 0.197. The van der Waals surface area contributed by atoms with Gasteiger partial charge >= 0.3 is 0 Å². The number of aliphatic hydroxyl groups is 1. The molecule has 1 rings (SSSR count). The summed E-state index contributed by atoms with van der Waals surface area (Å²) >= 11 is 0. The van der Waals surface area contributed by atoms with E-state index in [0.717, 1.165) is 0 Å². The number of amides is 1. The smallest absolute Gasteiger partial charge is 0.253 e. The van der Waals surface area contributed by atoms with Crippen molar-refractivity contribution in [2.75, 3.05) is 40.2 Å². The number of benzene rings is 1. The lowest BCUT2D eigenvalue weighted by atomic mass is 10.1. The summed E-state index contributed by atoms with van der Waals surface area (Å²) in [5.74, 6) is 0.389. The maximum absolute atomic E-state index is 12.1. The van der Waals surface area contributed by atoms with Gasteiger partial charge in [-0.25, -0.2) is 0 Å². The monoisotopic (exact) mass is 284 g/mol. The zero-order valence-electron chi connectivity index (χ0n) is 11.8. The van der Waals surface area contributed by atoms with E-state index >= 15 is 0 Å². The average Bonchev–Trinajstić information content (AvgIpc) is 2.45. The predicted octanol–water partition coefficient (Wildman–Crippen LogP) is 0.0231. The van der Waals surface area contributed by atoms with Gasteiger partial charge < -0.3 is 30.4 Å². The van der Waals surface area contributed by atoms with Gasteiger partial charge in [0.05, 0.1) is 38.2 Å². The summed E-state index contributed by atoms with van der Waals surface area (Å²) in [5, 5.41) is 12.1. The summed E-state index contributed by atoms with van der Waals surface area (Å²) in [6.07, 6.45) is -0.780. The molecular formula is C13H20N2O5. The number of carbonyl (C=O) groups excluding carboxylic acids is 1. The highest BCUT2D eigenvalue weighted by molar-refractivity contribution is 6.00. The number of anilines is 1. The number of nitrogens with two attached hydrogens (primary N) is 1. The average molecular weight is 284 g/mol. The minimum Gasteiger partial charge on any atom is -0.497 e. The molecule has 20 heavy (non-hydrogen) atoms. The van der Waals surface area contributed by atoms with Crippen molar-refractivity contribution in [2.45, 2.75) is 6.10 Å². The number of hydrogen-bond acceptors (Lipinski definition) is 6. The Balaban J connectivity index is 2.86. The van der Waals surface area contributed by atoms with E-state index in [9.17, 15) is 9.90 Å². The fraction of sp³-hybridized carbons (Fsp3) is 0.462. The van der Waals surface area contributed by atoms with E-state index < -0.39 is 12.0 Å². The van der Waals surface area contributed by atoms with Gasteiger partial charge in [0.2, 0.25) is 0 Å². The van der Waals surface area contributed by atoms with Crippen LogP contribution in [-0.4, -0.2) is 51.6 Å². The molecule has 1 aromatic carbocycles. The molecule has 0 bridgehead atoms. The summed E-state index contributed by atoms with van der Waals surface area (Å²) in [4.78, 5) is 12.1. The van der Waals surface area contributed by atoms with Crippen LogP contribution in [0.1, 0.15) is 10.4 Å². The van der Waals surface area contributed by atoms with Crippen LogP contribution < -0.4 is 20.5 Å². The number of rotatable bonds is 7. The Morgan fingerprint density at radius 1 is 1.35 bits per heavy atom. The first kappa shape index (κ1) is 16.1. The highest BCUT2D eigenvalue weighted by atomic mass is 16.5. The Morgan fingerprint density at radius 2 is 2.05 bits per heavy atom. The van der Waals surface area contributed by atoms with E-state index in [1.54, 1.807) is 6.07 Å². The predicted molar refractivity (Wildman–Crippen MR) is 74.2 cm³/mol. The molecule has 1 atom stereocenters. The third kappa shape index (κ3) is 4.01. The highest BCUT2D eigenvalue weighted by Crippen LogP contribution is 2.30. The first-order chi connectivity index (χ1) is 9.53. The van der Waals surface area contributed by atoms with Crippen molar-refractivity contribution in [2.24, 2.45) is 0 Å². The normalized spacial score (nSPS) is 11.8.